The van der Waals surface area contributed by atoms with E-state index in [2.05, 4.69) is 5.32 Å². The maximum Gasteiger partial charge on any atom is 0.329 e. The van der Waals surface area contributed by atoms with Crippen molar-refractivity contribution in [3.8, 4) is 0 Å². The van der Waals surface area contributed by atoms with Crippen LogP contribution in [0.25, 0.3) is 0 Å². The minimum atomic E-state index is -1.79. The van der Waals surface area contributed by atoms with Gasteiger partial charge in [-0.2, -0.15) is 0 Å². The van der Waals surface area contributed by atoms with E-state index in [0.29, 0.717) is 0 Å². The topological polar surface area (TPSA) is 95.9 Å². The number of benzene rings is 1. The molecule has 25 heavy (non-hydrogen) atoms. The van der Waals surface area contributed by atoms with Crippen LogP contribution < -0.4 is 5.32 Å². The summed E-state index contributed by atoms with van der Waals surface area (Å²) >= 11 is 0. The average molecular weight is 350 g/mol. The molecule has 2 fully saturated rings. The predicted octanol–water partition coefficient (Wildman–Crippen LogP) is -0.00480. The van der Waals surface area contributed by atoms with Crippen molar-refractivity contribution in [1.29, 1.82) is 0 Å². The highest BCUT2D eigenvalue weighted by molar-refractivity contribution is 6.09. The number of halogens is 1. The SMILES string of the molecule is CCN1C(=O)[C@H]2[C@@H](c3ccccc3F)N[C@@](CO)(C(=O)OC)[C@@H]2C1=O. The minimum absolute atomic E-state index is 0.136. The lowest BCUT2D eigenvalue weighted by molar-refractivity contribution is -0.156. The fourth-order valence-electron chi connectivity index (χ4n) is 3.95. The van der Waals surface area contributed by atoms with Crippen molar-refractivity contribution in [1.82, 2.24) is 10.2 Å². The highest BCUT2D eigenvalue weighted by atomic mass is 19.1. The lowest BCUT2D eigenvalue weighted by atomic mass is 9.79. The molecule has 2 aliphatic rings. The zero-order valence-electron chi connectivity index (χ0n) is 13.9. The summed E-state index contributed by atoms with van der Waals surface area (Å²) in [6, 6.07) is 4.91. The van der Waals surface area contributed by atoms with Gasteiger partial charge in [-0.1, -0.05) is 18.2 Å². The molecule has 2 N–H and O–H groups in total. The van der Waals surface area contributed by atoms with Gasteiger partial charge in [-0.3, -0.25) is 19.8 Å². The summed E-state index contributed by atoms with van der Waals surface area (Å²) < 4.78 is 19.1. The zero-order chi connectivity index (χ0) is 18.4. The van der Waals surface area contributed by atoms with Gasteiger partial charge in [0.05, 0.1) is 25.6 Å². The van der Waals surface area contributed by atoms with Crippen LogP contribution in [-0.2, 0) is 19.1 Å². The molecule has 0 unspecified atom stereocenters. The van der Waals surface area contributed by atoms with E-state index in [1.165, 1.54) is 18.2 Å². The Labute approximate surface area is 143 Å². The molecule has 2 aliphatic heterocycles. The Balaban J connectivity index is 2.17. The number of carbonyl (C=O) groups is 3. The number of fused-ring (bicyclic) bond motifs is 1. The third-order valence-electron chi connectivity index (χ3n) is 5.10. The summed E-state index contributed by atoms with van der Waals surface area (Å²) in [5.74, 6) is -4.62. The first kappa shape index (κ1) is 17.5. The second kappa shape index (κ2) is 6.20. The maximum absolute atomic E-state index is 14.3. The summed E-state index contributed by atoms with van der Waals surface area (Å²) in [5.41, 5.74) is -1.63. The average Bonchev–Trinajstić information content (AvgIpc) is 3.09. The largest absolute Gasteiger partial charge is 0.468 e. The molecule has 134 valence electrons. The number of aliphatic hydroxyl groups excluding tert-OH is 1. The number of hydrogen-bond acceptors (Lipinski definition) is 6. The summed E-state index contributed by atoms with van der Waals surface area (Å²) in [7, 11) is 1.13. The molecule has 0 bridgehead atoms. The number of likely N-dealkylation sites (tertiary alicyclic amines) is 1. The molecule has 2 saturated heterocycles. The Morgan fingerprint density at radius 2 is 2.04 bits per heavy atom. The Morgan fingerprint density at radius 3 is 2.60 bits per heavy atom. The first-order chi connectivity index (χ1) is 11.9. The molecule has 4 atom stereocenters. The van der Waals surface area contributed by atoms with Crippen molar-refractivity contribution in [2.45, 2.75) is 18.5 Å². The molecule has 2 amide bonds. The summed E-state index contributed by atoms with van der Waals surface area (Å²) in [6.07, 6.45) is 0. The van der Waals surface area contributed by atoms with Crippen LogP contribution in [0.2, 0.25) is 0 Å². The molecule has 2 heterocycles. The summed E-state index contributed by atoms with van der Waals surface area (Å²) in [6.45, 7) is 1.03. The Morgan fingerprint density at radius 1 is 1.36 bits per heavy atom. The standard InChI is InChI=1S/C17H19FN2O5/c1-3-20-14(22)11-12(15(20)23)17(8-21,16(24)25-2)19-13(11)9-6-4-5-7-10(9)18/h4-7,11-13,19,21H,3,8H2,1-2H3/t11-,12+,13-,17-/m1/s1. The first-order valence-corrected chi connectivity index (χ1v) is 7.99. The van der Waals surface area contributed by atoms with Gasteiger partial charge < -0.3 is 9.84 Å². The molecule has 1 aromatic rings. The fraction of sp³-hybridized carbons (Fsp3) is 0.471. The van der Waals surface area contributed by atoms with Crippen molar-refractivity contribution in [3.63, 3.8) is 0 Å². The monoisotopic (exact) mass is 350 g/mol. The number of amides is 2. The number of nitrogens with zero attached hydrogens (tertiary/aromatic N) is 1. The summed E-state index contributed by atoms with van der Waals surface area (Å²) in [5, 5.41) is 12.8. The molecule has 7 nitrogen and oxygen atoms in total. The van der Waals surface area contributed by atoms with E-state index in [-0.39, 0.29) is 12.1 Å². The van der Waals surface area contributed by atoms with Crippen molar-refractivity contribution in [3.05, 3.63) is 35.6 Å². The molecule has 3 rings (SSSR count). The molecule has 0 saturated carbocycles. The van der Waals surface area contributed by atoms with Crippen molar-refractivity contribution < 1.29 is 28.6 Å². The molecule has 0 spiro atoms. The molecular formula is C17H19FN2O5. The van der Waals surface area contributed by atoms with E-state index >= 15 is 0 Å². The second-order valence-corrected chi connectivity index (χ2v) is 6.19. The number of ether oxygens (including phenoxy) is 1. The minimum Gasteiger partial charge on any atom is -0.468 e. The van der Waals surface area contributed by atoms with E-state index in [9.17, 15) is 23.9 Å². The molecular weight excluding hydrogens is 331 g/mol. The van der Waals surface area contributed by atoms with Gasteiger partial charge in [-0.25, -0.2) is 9.18 Å². The summed E-state index contributed by atoms with van der Waals surface area (Å²) in [4.78, 5) is 38.9. The number of carbonyl (C=O) groups excluding carboxylic acids is 3. The van der Waals surface area contributed by atoms with Crippen molar-refractivity contribution in [2.75, 3.05) is 20.3 Å². The molecule has 0 radical (unpaired) electrons. The maximum atomic E-state index is 14.3. The predicted molar refractivity (Wildman–Crippen MR) is 83.5 cm³/mol. The highest BCUT2D eigenvalue weighted by Gasteiger charge is 2.68. The molecule has 1 aromatic carbocycles. The number of imide groups is 1. The van der Waals surface area contributed by atoms with Gasteiger partial charge in [0.25, 0.3) is 0 Å². The Hall–Kier alpha value is -2.32. The fourth-order valence-corrected chi connectivity index (χ4v) is 3.95. The van der Waals surface area contributed by atoms with E-state index in [0.717, 1.165) is 12.0 Å². The quantitative estimate of drug-likeness (QED) is 0.586. The Bertz CT molecular complexity index is 740. The molecule has 8 heteroatoms. The molecule has 0 aromatic heterocycles. The number of nitrogens with one attached hydrogen (secondary N) is 1. The first-order valence-electron chi connectivity index (χ1n) is 7.99. The van der Waals surface area contributed by atoms with E-state index in [1.807, 2.05) is 0 Å². The van der Waals surface area contributed by atoms with E-state index < -0.39 is 53.6 Å². The third kappa shape index (κ3) is 2.28. The normalized spacial score (nSPS) is 31.4. The van der Waals surface area contributed by atoms with Gasteiger partial charge >= 0.3 is 5.97 Å². The lowest BCUT2D eigenvalue weighted by Gasteiger charge is -2.30. The number of esters is 1. The van der Waals surface area contributed by atoms with Crippen molar-refractivity contribution >= 4 is 17.8 Å². The van der Waals surface area contributed by atoms with Crippen LogP contribution in [0, 0.1) is 17.7 Å². The zero-order valence-corrected chi connectivity index (χ0v) is 13.9. The van der Waals surface area contributed by atoms with Crippen LogP contribution in [0.3, 0.4) is 0 Å². The van der Waals surface area contributed by atoms with Crippen LogP contribution in [0.15, 0.2) is 24.3 Å². The van der Waals surface area contributed by atoms with Gasteiger partial charge in [-0.15, -0.1) is 0 Å². The van der Waals surface area contributed by atoms with Crippen LogP contribution in [0.5, 0.6) is 0 Å². The van der Waals surface area contributed by atoms with E-state index in [1.54, 1.807) is 13.0 Å². The van der Waals surface area contributed by atoms with Gasteiger partial charge in [0, 0.05) is 18.2 Å². The second-order valence-electron chi connectivity index (χ2n) is 6.19. The number of methoxy groups -OCH3 is 1. The Kier molecular flexibility index (Phi) is 4.34. The van der Waals surface area contributed by atoms with Gasteiger partial charge in [-0.05, 0) is 13.0 Å². The number of hydrogen-bond donors (Lipinski definition) is 2. The third-order valence-corrected chi connectivity index (χ3v) is 5.10. The van der Waals surface area contributed by atoms with E-state index in [4.69, 9.17) is 4.74 Å². The molecule has 0 aliphatic carbocycles. The van der Waals surface area contributed by atoms with Gasteiger partial charge in [0.1, 0.15) is 5.82 Å². The van der Waals surface area contributed by atoms with Crippen LogP contribution in [0.1, 0.15) is 18.5 Å². The van der Waals surface area contributed by atoms with Gasteiger partial charge in [0.15, 0.2) is 5.54 Å². The number of rotatable bonds is 4. The number of aliphatic hydroxyl groups is 1. The van der Waals surface area contributed by atoms with Crippen molar-refractivity contribution in [2.24, 2.45) is 11.8 Å². The lowest BCUT2D eigenvalue weighted by Crippen LogP contribution is -2.58. The smallest absolute Gasteiger partial charge is 0.329 e. The van der Waals surface area contributed by atoms with Gasteiger partial charge in [0.2, 0.25) is 11.8 Å². The van der Waals surface area contributed by atoms with Crippen LogP contribution in [-0.4, -0.2) is 53.6 Å². The van der Waals surface area contributed by atoms with Crippen LogP contribution in [0.4, 0.5) is 4.39 Å². The highest BCUT2D eigenvalue weighted by Crippen LogP contribution is 2.49. The van der Waals surface area contributed by atoms with Crippen LogP contribution >= 0.6 is 0 Å².